The van der Waals surface area contributed by atoms with E-state index in [4.69, 9.17) is 0 Å². The third-order valence-corrected chi connectivity index (χ3v) is 3.68. The van der Waals surface area contributed by atoms with Gasteiger partial charge in [0.15, 0.2) is 0 Å². The molecule has 0 radical (unpaired) electrons. The Hall–Kier alpha value is -1.76. The Morgan fingerprint density at radius 3 is 2.44 bits per heavy atom. The first kappa shape index (κ1) is 14.3. The van der Waals surface area contributed by atoms with E-state index in [1.54, 1.807) is 38.1 Å². The number of aryl methyl sites for hydroxylation is 1. The van der Waals surface area contributed by atoms with Crippen molar-refractivity contribution in [3.8, 4) is 0 Å². The molecule has 0 fully saturated rings. The predicted octanol–water partition coefficient (Wildman–Crippen LogP) is 1.11. The smallest absolute Gasteiger partial charge is 0.420 e. The van der Waals surface area contributed by atoms with Crippen LogP contribution >= 0.6 is 0 Å². The Morgan fingerprint density at radius 1 is 1.33 bits per heavy atom. The lowest BCUT2D eigenvalue weighted by atomic mass is 10.2. The van der Waals surface area contributed by atoms with Gasteiger partial charge in [-0.2, -0.15) is 0 Å². The van der Waals surface area contributed by atoms with Gasteiger partial charge in [-0.15, -0.1) is 0 Å². The van der Waals surface area contributed by atoms with Crippen LogP contribution in [0.25, 0.3) is 0 Å². The van der Waals surface area contributed by atoms with Gasteiger partial charge in [0.2, 0.25) is 0 Å². The van der Waals surface area contributed by atoms with Crippen molar-refractivity contribution in [3.63, 3.8) is 0 Å². The molecule has 0 bridgehead atoms. The maximum atomic E-state index is 12.0. The van der Waals surface area contributed by atoms with E-state index in [2.05, 4.69) is 4.74 Å². The quantitative estimate of drug-likeness (QED) is 0.892. The number of para-hydroxylation sites is 1. The van der Waals surface area contributed by atoms with Crippen LogP contribution in [-0.2, 0) is 14.8 Å². The summed E-state index contributed by atoms with van der Waals surface area (Å²) < 4.78 is 30.2. The summed E-state index contributed by atoms with van der Waals surface area (Å²) in [6, 6.07) is 4.86. The Balaban J connectivity index is 3.33. The first-order chi connectivity index (χ1) is 8.29. The molecule has 7 heteroatoms. The zero-order valence-corrected chi connectivity index (χ0v) is 11.5. The lowest BCUT2D eigenvalue weighted by Gasteiger charge is -2.19. The number of nitrogens with one attached hydrogen (secondary N) is 1. The van der Waals surface area contributed by atoms with Gasteiger partial charge in [-0.3, -0.25) is 0 Å². The molecule has 100 valence electrons. The zero-order valence-electron chi connectivity index (χ0n) is 10.7. The number of nitrogens with zero attached hydrogens (tertiary/aromatic N) is 1. The van der Waals surface area contributed by atoms with Crippen LogP contribution in [-0.4, -0.2) is 35.7 Å². The van der Waals surface area contributed by atoms with E-state index in [1.165, 1.54) is 6.07 Å². The molecule has 1 amide bonds. The first-order valence-corrected chi connectivity index (χ1v) is 6.65. The lowest BCUT2D eigenvalue weighted by Crippen LogP contribution is -2.31. The SMILES string of the molecule is COC(=O)NS(=O)(=O)c1cccc(C)c1N(C)C. The van der Waals surface area contributed by atoms with Gasteiger partial charge in [-0.05, 0) is 18.6 Å². The second-order valence-electron chi connectivity index (χ2n) is 3.91. The molecule has 0 aliphatic rings. The van der Waals surface area contributed by atoms with Crippen molar-refractivity contribution in [2.24, 2.45) is 0 Å². The number of benzene rings is 1. The van der Waals surface area contributed by atoms with E-state index in [-0.39, 0.29) is 4.90 Å². The highest BCUT2D eigenvalue weighted by atomic mass is 32.2. The summed E-state index contributed by atoms with van der Waals surface area (Å²) in [4.78, 5) is 12.8. The molecule has 0 saturated heterocycles. The summed E-state index contributed by atoms with van der Waals surface area (Å²) in [6.07, 6.45) is -1.01. The van der Waals surface area contributed by atoms with Crippen molar-refractivity contribution in [3.05, 3.63) is 23.8 Å². The molecule has 1 aromatic rings. The molecular weight excluding hydrogens is 256 g/mol. The molecule has 0 spiro atoms. The third-order valence-electron chi connectivity index (χ3n) is 2.34. The molecule has 1 N–H and O–H groups in total. The van der Waals surface area contributed by atoms with Gasteiger partial charge >= 0.3 is 6.09 Å². The average molecular weight is 272 g/mol. The molecule has 1 rings (SSSR count). The second-order valence-corrected chi connectivity index (χ2v) is 5.56. The monoisotopic (exact) mass is 272 g/mol. The topological polar surface area (TPSA) is 75.7 Å². The average Bonchev–Trinajstić information content (AvgIpc) is 2.27. The number of ether oxygens (including phenoxy) is 1. The summed E-state index contributed by atoms with van der Waals surface area (Å²) in [5.41, 5.74) is 1.33. The third kappa shape index (κ3) is 2.92. The van der Waals surface area contributed by atoms with E-state index >= 15 is 0 Å². The van der Waals surface area contributed by atoms with E-state index in [1.807, 2.05) is 4.72 Å². The number of anilines is 1. The predicted molar refractivity (Wildman–Crippen MR) is 68.2 cm³/mol. The second kappa shape index (κ2) is 5.26. The number of sulfonamides is 1. The molecule has 0 saturated carbocycles. The Bertz CT molecular complexity index is 552. The lowest BCUT2D eigenvalue weighted by molar-refractivity contribution is 0.177. The normalized spacial score (nSPS) is 10.9. The highest BCUT2D eigenvalue weighted by Gasteiger charge is 2.23. The fourth-order valence-electron chi connectivity index (χ4n) is 1.63. The first-order valence-electron chi connectivity index (χ1n) is 5.17. The van der Waals surface area contributed by atoms with Crippen LogP contribution in [0, 0.1) is 6.92 Å². The van der Waals surface area contributed by atoms with Crippen LogP contribution in [0.3, 0.4) is 0 Å². The molecule has 18 heavy (non-hydrogen) atoms. The van der Waals surface area contributed by atoms with Crippen molar-refractivity contribution >= 4 is 21.8 Å². The highest BCUT2D eigenvalue weighted by molar-refractivity contribution is 7.90. The molecule has 1 aromatic carbocycles. The summed E-state index contributed by atoms with van der Waals surface area (Å²) in [5.74, 6) is 0. The molecular formula is C11H16N2O4S. The largest absolute Gasteiger partial charge is 0.452 e. The maximum Gasteiger partial charge on any atom is 0.420 e. The number of carbonyl (C=O) groups is 1. The van der Waals surface area contributed by atoms with E-state index in [0.717, 1.165) is 12.7 Å². The standard InChI is InChI=1S/C11H16N2O4S/c1-8-6-5-7-9(10(8)13(2)3)18(15,16)12-11(14)17-4/h5-7H,1-4H3,(H,12,14). The van der Waals surface area contributed by atoms with Crippen molar-refractivity contribution in [1.82, 2.24) is 4.72 Å². The minimum absolute atomic E-state index is 0.0397. The number of amides is 1. The van der Waals surface area contributed by atoms with E-state index < -0.39 is 16.1 Å². The molecule has 0 atom stereocenters. The van der Waals surface area contributed by atoms with Gasteiger partial charge in [0.25, 0.3) is 10.0 Å². The summed E-state index contributed by atoms with van der Waals surface area (Å²) in [7, 11) is 0.640. The van der Waals surface area contributed by atoms with Gasteiger partial charge in [0.05, 0.1) is 12.8 Å². The molecule has 0 heterocycles. The van der Waals surface area contributed by atoms with Crippen LogP contribution in [0.4, 0.5) is 10.5 Å². The van der Waals surface area contributed by atoms with Crippen molar-refractivity contribution in [1.29, 1.82) is 0 Å². The molecule has 0 aliphatic carbocycles. The van der Waals surface area contributed by atoms with Crippen molar-refractivity contribution < 1.29 is 17.9 Å². The summed E-state index contributed by atoms with van der Waals surface area (Å²) >= 11 is 0. The molecule has 6 nitrogen and oxygen atoms in total. The van der Waals surface area contributed by atoms with Gasteiger partial charge < -0.3 is 9.64 Å². The number of rotatable bonds is 3. The minimum Gasteiger partial charge on any atom is -0.452 e. The van der Waals surface area contributed by atoms with Crippen LogP contribution in [0.2, 0.25) is 0 Å². The molecule has 0 aliphatic heterocycles. The van der Waals surface area contributed by atoms with Crippen LogP contribution in [0.5, 0.6) is 0 Å². The Morgan fingerprint density at radius 2 is 1.94 bits per heavy atom. The van der Waals surface area contributed by atoms with E-state index in [9.17, 15) is 13.2 Å². The summed E-state index contributed by atoms with van der Waals surface area (Å²) in [5, 5.41) is 0. The Kier molecular flexibility index (Phi) is 4.18. The zero-order chi connectivity index (χ0) is 13.9. The maximum absolute atomic E-state index is 12.0. The fraction of sp³-hybridized carbons (Fsp3) is 0.364. The highest BCUT2D eigenvalue weighted by Crippen LogP contribution is 2.27. The number of carbonyl (C=O) groups excluding carboxylic acids is 1. The minimum atomic E-state index is -3.94. The van der Waals surface area contributed by atoms with Crippen LogP contribution < -0.4 is 9.62 Å². The number of hydrogen-bond acceptors (Lipinski definition) is 5. The van der Waals surface area contributed by atoms with Crippen LogP contribution in [0.1, 0.15) is 5.56 Å². The number of hydrogen-bond donors (Lipinski definition) is 1. The van der Waals surface area contributed by atoms with Crippen molar-refractivity contribution in [2.45, 2.75) is 11.8 Å². The van der Waals surface area contributed by atoms with Gasteiger partial charge in [0.1, 0.15) is 4.90 Å². The number of methoxy groups -OCH3 is 1. The Labute approximate surface area is 107 Å². The van der Waals surface area contributed by atoms with Gasteiger partial charge in [-0.1, -0.05) is 12.1 Å². The van der Waals surface area contributed by atoms with Gasteiger partial charge in [0, 0.05) is 14.1 Å². The summed E-state index contributed by atoms with van der Waals surface area (Å²) in [6.45, 7) is 1.80. The molecule has 0 unspecified atom stereocenters. The van der Waals surface area contributed by atoms with Crippen molar-refractivity contribution in [2.75, 3.05) is 26.1 Å². The van der Waals surface area contributed by atoms with Crippen LogP contribution in [0.15, 0.2) is 23.1 Å². The van der Waals surface area contributed by atoms with Gasteiger partial charge in [-0.25, -0.2) is 17.9 Å². The fourth-order valence-corrected chi connectivity index (χ4v) is 2.90. The molecule has 0 aromatic heterocycles. The van der Waals surface area contributed by atoms with E-state index in [0.29, 0.717) is 5.69 Å².